The van der Waals surface area contributed by atoms with Gasteiger partial charge in [0.25, 0.3) is 5.91 Å². The Morgan fingerprint density at radius 1 is 1.16 bits per heavy atom. The van der Waals surface area contributed by atoms with Gasteiger partial charge < -0.3 is 4.74 Å². The third-order valence-corrected chi connectivity index (χ3v) is 4.30. The van der Waals surface area contributed by atoms with Crippen LogP contribution < -0.4 is 5.32 Å². The average Bonchev–Trinajstić information content (AvgIpc) is 2.95. The topological polar surface area (TPSA) is 64.1 Å². The molecule has 0 unspecified atom stereocenters. The number of anilines is 1. The van der Waals surface area contributed by atoms with Crippen LogP contribution in [0.1, 0.15) is 41.7 Å². The van der Waals surface area contributed by atoms with E-state index < -0.39 is 12.8 Å². The number of hydrogen-bond donors (Lipinski definition) is 1. The van der Waals surface area contributed by atoms with E-state index in [0.717, 1.165) is 5.01 Å². The van der Waals surface area contributed by atoms with Crippen LogP contribution in [0.3, 0.4) is 0 Å². The summed E-state index contributed by atoms with van der Waals surface area (Å²) in [7, 11) is 0. The number of aromatic nitrogens is 2. The predicted molar refractivity (Wildman–Crippen MR) is 88.7 cm³/mol. The average molecular weight is 373 g/mol. The highest BCUT2D eigenvalue weighted by Gasteiger charge is 2.27. The second-order valence-electron chi connectivity index (χ2n) is 6.42. The predicted octanol–water partition coefficient (Wildman–Crippen LogP) is 4.17. The Bertz CT molecular complexity index is 721. The normalized spacial score (nSPS) is 12.2. The molecular formula is C16H18F3N3O2S. The maximum absolute atomic E-state index is 12.2. The van der Waals surface area contributed by atoms with Crippen LogP contribution in [0.25, 0.3) is 0 Å². The molecule has 1 aromatic carbocycles. The highest BCUT2D eigenvalue weighted by atomic mass is 32.1. The minimum absolute atomic E-state index is 0.154. The van der Waals surface area contributed by atoms with Crippen molar-refractivity contribution in [2.45, 2.75) is 39.0 Å². The van der Waals surface area contributed by atoms with Crippen molar-refractivity contribution in [3.8, 4) is 0 Å². The van der Waals surface area contributed by atoms with Gasteiger partial charge in [-0.15, -0.1) is 10.2 Å². The van der Waals surface area contributed by atoms with Gasteiger partial charge in [-0.1, -0.05) is 44.2 Å². The van der Waals surface area contributed by atoms with Gasteiger partial charge in [-0.2, -0.15) is 13.2 Å². The zero-order valence-electron chi connectivity index (χ0n) is 14.0. The molecule has 0 fully saturated rings. The van der Waals surface area contributed by atoms with E-state index in [1.54, 1.807) is 12.1 Å². The molecule has 1 heterocycles. The van der Waals surface area contributed by atoms with Gasteiger partial charge >= 0.3 is 6.18 Å². The molecule has 136 valence electrons. The Labute approximate surface area is 147 Å². The zero-order chi connectivity index (χ0) is 18.7. The lowest BCUT2D eigenvalue weighted by Crippen LogP contribution is -2.16. The second-order valence-corrected chi connectivity index (χ2v) is 7.40. The fourth-order valence-corrected chi connectivity index (χ4v) is 2.58. The molecule has 2 rings (SSSR count). The van der Waals surface area contributed by atoms with Crippen LogP contribution in [-0.2, 0) is 16.8 Å². The Morgan fingerprint density at radius 3 is 2.32 bits per heavy atom. The van der Waals surface area contributed by atoms with E-state index in [9.17, 15) is 18.0 Å². The second kappa shape index (κ2) is 7.49. The summed E-state index contributed by atoms with van der Waals surface area (Å²) >= 11 is 1.30. The van der Waals surface area contributed by atoms with Gasteiger partial charge in [0.15, 0.2) is 0 Å². The molecule has 0 aliphatic carbocycles. The molecule has 1 aromatic heterocycles. The Kier molecular flexibility index (Phi) is 5.79. The fraction of sp³-hybridized carbons (Fsp3) is 0.438. The number of nitrogens with one attached hydrogen (secondary N) is 1. The van der Waals surface area contributed by atoms with Crippen molar-refractivity contribution in [2.75, 3.05) is 11.9 Å². The lowest BCUT2D eigenvalue weighted by atomic mass is 9.98. The minimum atomic E-state index is -4.35. The number of carbonyl (C=O) groups is 1. The molecular weight excluding hydrogens is 355 g/mol. The van der Waals surface area contributed by atoms with E-state index >= 15 is 0 Å². The number of carbonyl (C=O) groups excluding carboxylic acids is 1. The third-order valence-electron chi connectivity index (χ3n) is 3.04. The van der Waals surface area contributed by atoms with Crippen molar-refractivity contribution in [3.05, 3.63) is 40.4 Å². The number of benzene rings is 1. The van der Waals surface area contributed by atoms with Crippen molar-refractivity contribution in [1.29, 1.82) is 0 Å². The number of alkyl halides is 3. The molecule has 0 spiro atoms. The summed E-state index contributed by atoms with van der Waals surface area (Å²) in [5.41, 5.74) is 0.762. The van der Waals surface area contributed by atoms with Crippen LogP contribution in [0.15, 0.2) is 24.3 Å². The first kappa shape index (κ1) is 19.3. The van der Waals surface area contributed by atoms with Gasteiger partial charge in [-0.05, 0) is 17.7 Å². The largest absolute Gasteiger partial charge is 0.411 e. The lowest BCUT2D eigenvalue weighted by Gasteiger charge is -2.12. The van der Waals surface area contributed by atoms with E-state index in [-0.39, 0.29) is 17.9 Å². The van der Waals surface area contributed by atoms with Crippen molar-refractivity contribution in [1.82, 2.24) is 10.2 Å². The molecule has 0 bridgehead atoms. The van der Waals surface area contributed by atoms with Gasteiger partial charge in [-0.25, -0.2) is 0 Å². The van der Waals surface area contributed by atoms with Crippen LogP contribution in [0.2, 0.25) is 0 Å². The molecule has 5 nitrogen and oxygen atoms in total. The first-order valence-electron chi connectivity index (χ1n) is 7.43. The van der Waals surface area contributed by atoms with Crippen LogP contribution in [0, 0.1) is 0 Å². The molecule has 2 aromatic rings. The molecule has 9 heteroatoms. The summed E-state index contributed by atoms with van der Waals surface area (Å²) in [6, 6.07) is 6.14. The quantitative estimate of drug-likeness (QED) is 0.855. The highest BCUT2D eigenvalue weighted by molar-refractivity contribution is 7.15. The van der Waals surface area contributed by atoms with Crippen LogP contribution >= 0.6 is 11.3 Å². The number of rotatable bonds is 5. The van der Waals surface area contributed by atoms with Crippen LogP contribution in [0.4, 0.5) is 18.3 Å². The van der Waals surface area contributed by atoms with Gasteiger partial charge in [0.2, 0.25) is 5.13 Å². The number of nitrogens with zero attached hydrogens (tertiary/aromatic N) is 2. The molecule has 0 radical (unpaired) electrons. The molecule has 0 atom stereocenters. The molecule has 1 N–H and O–H groups in total. The monoisotopic (exact) mass is 373 g/mol. The maximum atomic E-state index is 12.2. The van der Waals surface area contributed by atoms with Crippen molar-refractivity contribution in [2.24, 2.45) is 0 Å². The maximum Gasteiger partial charge on any atom is 0.411 e. The van der Waals surface area contributed by atoms with Crippen molar-refractivity contribution in [3.63, 3.8) is 0 Å². The summed E-state index contributed by atoms with van der Waals surface area (Å²) in [5.74, 6) is -0.362. The Balaban J connectivity index is 1.93. The Morgan fingerprint density at radius 2 is 1.80 bits per heavy atom. The highest BCUT2D eigenvalue weighted by Crippen LogP contribution is 2.27. The van der Waals surface area contributed by atoms with Crippen LogP contribution in [-0.4, -0.2) is 28.9 Å². The summed E-state index contributed by atoms with van der Waals surface area (Å²) in [5, 5.41) is 11.8. The number of hydrogen-bond acceptors (Lipinski definition) is 5. The van der Waals surface area contributed by atoms with E-state index in [0.29, 0.717) is 16.3 Å². The zero-order valence-corrected chi connectivity index (χ0v) is 14.8. The molecule has 25 heavy (non-hydrogen) atoms. The first-order chi connectivity index (χ1) is 11.5. The summed E-state index contributed by atoms with van der Waals surface area (Å²) in [6.07, 6.45) is -4.35. The van der Waals surface area contributed by atoms with Gasteiger partial charge in [0, 0.05) is 11.0 Å². The number of amides is 1. The summed E-state index contributed by atoms with van der Waals surface area (Å²) in [6.45, 7) is 4.52. The summed E-state index contributed by atoms with van der Waals surface area (Å²) < 4.78 is 40.6. The van der Waals surface area contributed by atoms with Gasteiger partial charge in [0.1, 0.15) is 11.6 Å². The minimum Gasteiger partial charge on any atom is -0.367 e. The van der Waals surface area contributed by atoms with Gasteiger partial charge in [0.05, 0.1) is 6.61 Å². The summed E-state index contributed by atoms with van der Waals surface area (Å²) in [4.78, 5) is 12.2. The molecule has 0 aliphatic rings. The lowest BCUT2D eigenvalue weighted by molar-refractivity contribution is -0.176. The van der Waals surface area contributed by atoms with Crippen LogP contribution in [0.5, 0.6) is 0 Å². The molecule has 0 aliphatic heterocycles. The first-order valence-corrected chi connectivity index (χ1v) is 8.25. The standard InChI is InChI=1S/C16H18F3N3O2S/c1-15(2,3)13-21-22-14(25-13)20-12(23)11-6-4-10(5-7-11)8-24-9-16(17,18)19/h4-7H,8-9H2,1-3H3,(H,20,22,23). The fourth-order valence-electron chi connectivity index (χ4n) is 1.78. The smallest absolute Gasteiger partial charge is 0.367 e. The Hall–Kier alpha value is -2.00. The SMILES string of the molecule is CC(C)(C)c1nnc(NC(=O)c2ccc(COCC(F)(F)F)cc2)s1. The van der Waals surface area contributed by atoms with Crippen molar-refractivity contribution < 1.29 is 22.7 Å². The third kappa shape index (κ3) is 6.09. The number of ether oxygens (including phenoxy) is 1. The molecule has 0 saturated carbocycles. The number of halogens is 3. The van der Waals surface area contributed by atoms with E-state index in [2.05, 4.69) is 20.3 Å². The van der Waals surface area contributed by atoms with Crippen molar-refractivity contribution >= 4 is 22.4 Å². The van der Waals surface area contributed by atoms with E-state index in [4.69, 9.17) is 0 Å². The van der Waals surface area contributed by atoms with E-state index in [1.807, 2.05) is 20.8 Å². The molecule has 1 amide bonds. The van der Waals surface area contributed by atoms with E-state index in [1.165, 1.54) is 23.5 Å². The van der Waals surface area contributed by atoms with Gasteiger partial charge in [-0.3, -0.25) is 10.1 Å². The molecule has 0 saturated heterocycles.